The highest BCUT2D eigenvalue weighted by Crippen LogP contribution is 2.28. The van der Waals surface area contributed by atoms with Gasteiger partial charge in [0.1, 0.15) is 12.4 Å². The lowest BCUT2D eigenvalue weighted by atomic mass is 10.1. The first-order valence-corrected chi connectivity index (χ1v) is 10.4. The van der Waals surface area contributed by atoms with Gasteiger partial charge in [0.2, 0.25) is 0 Å². The SMILES string of the molecule is C.CCc1ccc([C@@H](COc2ccc(CC3SC(=O)CC3=O)cc2)OC(C)=O)cn1. The molecule has 1 fully saturated rings. The summed E-state index contributed by atoms with van der Waals surface area (Å²) < 4.78 is 11.2. The number of ketones is 1. The summed E-state index contributed by atoms with van der Waals surface area (Å²) in [6.07, 6.45) is 2.55. The number of aromatic nitrogens is 1. The molecule has 0 bridgehead atoms. The number of nitrogens with zero attached hydrogens (tertiary/aromatic N) is 1. The number of hydrogen-bond donors (Lipinski definition) is 0. The van der Waals surface area contributed by atoms with Crippen LogP contribution < -0.4 is 4.74 Å². The van der Waals surface area contributed by atoms with E-state index in [0.717, 1.165) is 35.0 Å². The quantitative estimate of drug-likeness (QED) is 0.461. The molecule has 0 N–H and O–H groups in total. The number of carbonyl (C=O) groups excluding carboxylic acids is 3. The Labute approximate surface area is 181 Å². The molecule has 1 saturated heterocycles. The summed E-state index contributed by atoms with van der Waals surface area (Å²) in [5, 5.41) is -0.348. The van der Waals surface area contributed by atoms with Crippen molar-refractivity contribution in [3.63, 3.8) is 0 Å². The number of ether oxygens (including phenoxy) is 2. The maximum absolute atomic E-state index is 11.8. The molecular formula is C23H27NO5S. The highest BCUT2D eigenvalue weighted by Gasteiger charge is 2.31. The topological polar surface area (TPSA) is 82.6 Å². The molecular weight excluding hydrogens is 402 g/mol. The van der Waals surface area contributed by atoms with Crippen LogP contribution in [0, 0.1) is 0 Å². The minimum absolute atomic E-state index is 0. The molecule has 1 aliphatic rings. The van der Waals surface area contributed by atoms with Crippen molar-refractivity contribution in [3.8, 4) is 5.75 Å². The Morgan fingerprint density at radius 2 is 1.93 bits per heavy atom. The van der Waals surface area contributed by atoms with Gasteiger partial charge in [-0.05, 0) is 36.6 Å². The van der Waals surface area contributed by atoms with Gasteiger partial charge in [-0.15, -0.1) is 0 Å². The third-order valence-corrected chi connectivity index (χ3v) is 5.71. The van der Waals surface area contributed by atoms with Crippen LogP contribution in [-0.2, 0) is 32.0 Å². The monoisotopic (exact) mass is 429 g/mol. The number of aryl methyl sites for hydroxylation is 1. The van der Waals surface area contributed by atoms with Crippen LogP contribution in [0.1, 0.15) is 50.6 Å². The van der Waals surface area contributed by atoms with E-state index in [4.69, 9.17) is 9.47 Å². The van der Waals surface area contributed by atoms with E-state index >= 15 is 0 Å². The van der Waals surface area contributed by atoms with E-state index in [-0.39, 0.29) is 42.6 Å². The van der Waals surface area contributed by atoms with Crippen molar-refractivity contribution in [2.24, 2.45) is 0 Å². The van der Waals surface area contributed by atoms with Gasteiger partial charge >= 0.3 is 5.97 Å². The third-order valence-electron chi connectivity index (χ3n) is 4.59. The average molecular weight is 430 g/mol. The molecule has 0 spiro atoms. The number of carbonyl (C=O) groups is 3. The van der Waals surface area contributed by atoms with Crippen molar-refractivity contribution in [2.75, 3.05) is 6.61 Å². The largest absolute Gasteiger partial charge is 0.489 e. The predicted molar refractivity (Wildman–Crippen MR) is 117 cm³/mol. The van der Waals surface area contributed by atoms with Gasteiger partial charge in [-0.25, -0.2) is 0 Å². The molecule has 1 aromatic heterocycles. The third kappa shape index (κ3) is 6.42. The molecule has 0 radical (unpaired) electrons. The number of rotatable bonds is 8. The number of pyridine rings is 1. The summed E-state index contributed by atoms with van der Waals surface area (Å²) in [6.45, 7) is 3.55. The van der Waals surface area contributed by atoms with Gasteiger partial charge < -0.3 is 9.47 Å². The lowest BCUT2D eigenvalue weighted by Gasteiger charge is -2.18. The Morgan fingerprint density at radius 3 is 2.47 bits per heavy atom. The summed E-state index contributed by atoms with van der Waals surface area (Å²) in [7, 11) is 0. The fraction of sp³-hybridized carbons (Fsp3) is 0.391. The molecule has 2 heterocycles. The summed E-state index contributed by atoms with van der Waals surface area (Å²) in [6, 6.07) is 11.2. The molecule has 0 saturated carbocycles. The van der Waals surface area contributed by atoms with E-state index in [1.165, 1.54) is 6.92 Å². The van der Waals surface area contributed by atoms with Crippen LogP contribution in [0.4, 0.5) is 0 Å². The fourth-order valence-corrected chi connectivity index (χ4v) is 4.05. The Balaban J connectivity index is 0.00000320. The molecule has 7 heteroatoms. The van der Waals surface area contributed by atoms with Crippen molar-refractivity contribution >= 4 is 28.6 Å². The number of Topliss-reactive ketones (excluding diaryl/α,β-unsaturated/α-hetero) is 1. The molecule has 0 amide bonds. The van der Waals surface area contributed by atoms with Gasteiger partial charge in [-0.2, -0.15) is 0 Å². The van der Waals surface area contributed by atoms with Crippen molar-refractivity contribution in [3.05, 3.63) is 59.4 Å². The minimum Gasteiger partial charge on any atom is -0.489 e. The zero-order chi connectivity index (χ0) is 20.8. The van der Waals surface area contributed by atoms with Gasteiger partial charge in [-0.1, -0.05) is 44.3 Å². The molecule has 2 aromatic rings. The molecule has 1 unspecified atom stereocenters. The summed E-state index contributed by atoms with van der Waals surface area (Å²) >= 11 is 1.12. The molecule has 160 valence electrons. The summed E-state index contributed by atoms with van der Waals surface area (Å²) in [4.78, 5) is 39.0. The van der Waals surface area contributed by atoms with Gasteiger partial charge in [0.25, 0.3) is 0 Å². The molecule has 1 aromatic carbocycles. The Kier molecular flexibility index (Phi) is 8.59. The zero-order valence-electron chi connectivity index (χ0n) is 16.4. The molecule has 1 aliphatic heterocycles. The van der Waals surface area contributed by atoms with Crippen LogP contribution in [0.3, 0.4) is 0 Å². The van der Waals surface area contributed by atoms with E-state index in [1.54, 1.807) is 6.20 Å². The standard InChI is InChI=1S/C22H23NO5S.CH4/c1-3-17-7-6-16(12-23-17)20(28-14(2)24)13-27-18-8-4-15(5-9-18)10-21-19(25)11-22(26)29-21;/h4-9,12,20-21H,3,10-11,13H2,1-2H3;1H4/t20-,21?;/m1./s1. The maximum atomic E-state index is 11.8. The number of benzene rings is 1. The van der Waals surface area contributed by atoms with E-state index in [1.807, 2.05) is 43.3 Å². The predicted octanol–water partition coefficient (Wildman–Crippen LogP) is 4.11. The molecule has 2 atom stereocenters. The number of hydrogen-bond acceptors (Lipinski definition) is 7. The Bertz CT molecular complexity index is 879. The van der Waals surface area contributed by atoms with E-state index < -0.39 is 6.10 Å². The fourth-order valence-electron chi connectivity index (χ4n) is 3.02. The lowest BCUT2D eigenvalue weighted by molar-refractivity contribution is -0.148. The van der Waals surface area contributed by atoms with Gasteiger partial charge in [0.15, 0.2) is 17.0 Å². The van der Waals surface area contributed by atoms with Crippen LogP contribution >= 0.6 is 11.8 Å². The highest BCUT2D eigenvalue weighted by molar-refractivity contribution is 8.15. The van der Waals surface area contributed by atoms with Crippen LogP contribution in [0.25, 0.3) is 0 Å². The zero-order valence-corrected chi connectivity index (χ0v) is 17.2. The Hall–Kier alpha value is -2.67. The molecule has 30 heavy (non-hydrogen) atoms. The first-order valence-electron chi connectivity index (χ1n) is 9.50. The van der Waals surface area contributed by atoms with Crippen LogP contribution in [-0.4, -0.2) is 33.7 Å². The van der Waals surface area contributed by atoms with Crippen molar-refractivity contribution in [1.29, 1.82) is 0 Å². The first kappa shape index (κ1) is 23.6. The lowest BCUT2D eigenvalue weighted by Crippen LogP contribution is -2.17. The minimum atomic E-state index is -0.552. The summed E-state index contributed by atoms with van der Waals surface area (Å²) in [5.74, 6) is 0.236. The van der Waals surface area contributed by atoms with E-state index in [9.17, 15) is 14.4 Å². The van der Waals surface area contributed by atoms with Crippen LogP contribution in [0.5, 0.6) is 5.75 Å². The van der Waals surface area contributed by atoms with Crippen molar-refractivity contribution < 1.29 is 23.9 Å². The van der Waals surface area contributed by atoms with Crippen molar-refractivity contribution in [2.45, 2.75) is 51.9 Å². The van der Waals surface area contributed by atoms with Crippen LogP contribution in [0.2, 0.25) is 0 Å². The normalized spacial score (nSPS) is 16.7. The van der Waals surface area contributed by atoms with Crippen LogP contribution in [0.15, 0.2) is 42.6 Å². The Morgan fingerprint density at radius 1 is 1.20 bits per heavy atom. The molecule has 6 nitrogen and oxygen atoms in total. The first-order chi connectivity index (χ1) is 13.9. The second-order valence-corrected chi connectivity index (χ2v) is 8.08. The average Bonchev–Trinajstić information content (AvgIpc) is 3.03. The molecule has 0 aliphatic carbocycles. The second-order valence-electron chi connectivity index (χ2n) is 6.82. The number of thioether (sulfide) groups is 1. The van der Waals surface area contributed by atoms with E-state index in [0.29, 0.717) is 12.2 Å². The van der Waals surface area contributed by atoms with Gasteiger partial charge in [0.05, 0.1) is 11.7 Å². The van der Waals surface area contributed by atoms with Crippen molar-refractivity contribution in [1.82, 2.24) is 4.98 Å². The van der Waals surface area contributed by atoms with Gasteiger partial charge in [0, 0.05) is 24.4 Å². The van der Waals surface area contributed by atoms with Gasteiger partial charge in [-0.3, -0.25) is 19.4 Å². The summed E-state index contributed by atoms with van der Waals surface area (Å²) in [5.41, 5.74) is 2.71. The second kappa shape index (κ2) is 10.9. The smallest absolute Gasteiger partial charge is 0.303 e. The highest BCUT2D eigenvalue weighted by atomic mass is 32.2. The van der Waals surface area contributed by atoms with E-state index in [2.05, 4.69) is 4.98 Å². The number of esters is 1. The molecule has 3 rings (SSSR count). The maximum Gasteiger partial charge on any atom is 0.303 e.